The molecule has 0 radical (unpaired) electrons. The van der Waals surface area contributed by atoms with E-state index < -0.39 is 52.9 Å². The Labute approximate surface area is 192 Å². The topological polar surface area (TPSA) is 116 Å². The number of halogens is 2. The minimum Gasteiger partial charge on any atom is -0.481 e. The van der Waals surface area contributed by atoms with Gasteiger partial charge in [-0.15, -0.1) is 0 Å². The average molecular weight is 472 g/mol. The summed E-state index contributed by atoms with van der Waals surface area (Å²) in [6.07, 6.45) is -0.175. The number of hydrogen-bond acceptors (Lipinski definition) is 5. The molecule has 170 valence electrons. The molecule has 5 rings (SSSR count). The van der Waals surface area contributed by atoms with E-state index in [-0.39, 0.29) is 19.4 Å². The molecule has 3 aliphatic rings. The van der Waals surface area contributed by atoms with E-state index in [1.807, 2.05) is 0 Å². The summed E-state index contributed by atoms with van der Waals surface area (Å²) in [6, 6.07) is 9.55. The molecule has 2 fully saturated rings. The number of anilines is 1. The standard InChI is InChI=1S/C23H19ClFN3O5/c24-12-3-6-15-14(9-12)23(22(33)26-15)19-18(16(27-23)7-8-17(29)30)20(31)28(21(19)32)10-11-1-4-13(25)5-2-11/h1-6,9,16,18-19,27H,7-8,10H2,(H,26,33)(H,29,30). The number of rotatable bonds is 5. The second kappa shape index (κ2) is 7.64. The van der Waals surface area contributed by atoms with Crippen LogP contribution in [0.15, 0.2) is 42.5 Å². The molecule has 1 spiro atoms. The highest BCUT2D eigenvalue weighted by molar-refractivity contribution is 6.31. The van der Waals surface area contributed by atoms with Gasteiger partial charge in [-0.1, -0.05) is 23.7 Å². The van der Waals surface area contributed by atoms with Crippen molar-refractivity contribution in [3.05, 3.63) is 64.4 Å². The molecule has 0 bridgehead atoms. The predicted octanol–water partition coefficient (Wildman–Crippen LogP) is 2.26. The number of nitrogens with one attached hydrogen (secondary N) is 2. The Morgan fingerprint density at radius 2 is 1.85 bits per heavy atom. The van der Waals surface area contributed by atoms with Crippen LogP contribution in [-0.2, 0) is 31.3 Å². The van der Waals surface area contributed by atoms with Crippen LogP contribution in [0.3, 0.4) is 0 Å². The number of aliphatic carboxylic acids is 1. The Balaban J connectivity index is 1.58. The highest BCUT2D eigenvalue weighted by Crippen LogP contribution is 2.54. The first kappa shape index (κ1) is 21.5. The van der Waals surface area contributed by atoms with E-state index in [1.165, 1.54) is 24.3 Å². The molecule has 4 atom stereocenters. The molecule has 33 heavy (non-hydrogen) atoms. The van der Waals surface area contributed by atoms with Gasteiger partial charge >= 0.3 is 5.97 Å². The van der Waals surface area contributed by atoms with Gasteiger partial charge in [0.2, 0.25) is 17.7 Å². The maximum atomic E-state index is 13.6. The van der Waals surface area contributed by atoms with Crippen molar-refractivity contribution in [2.75, 3.05) is 5.32 Å². The van der Waals surface area contributed by atoms with Gasteiger partial charge in [-0.05, 0) is 42.3 Å². The van der Waals surface area contributed by atoms with E-state index in [0.717, 1.165) is 4.90 Å². The molecule has 10 heteroatoms. The number of benzene rings is 2. The van der Waals surface area contributed by atoms with Gasteiger partial charge in [0, 0.05) is 28.7 Å². The Morgan fingerprint density at radius 1 is 1.12 bits per heavy atom. The van der Waals surface area contributed by atoms with Crippen LogP contribution >= 0.6 is 11.6 Å². The van der Waals surface area contributed by atoms with Gasteiger partial charge < -0.3 is 10.4 Å². The normalized spacial score (nSPS) is 27.8. The third-order valence-electron chi connectivity index (χ3n) is 6.69. The Hall–Kier alpha value is -3.30. The fraction of sp³-hybridized carbons (Fsp3) is 0.304. The molecule has 3 N–H and O–H groups in total. The molecule has 3 aliphatic heterocycles. The Bertz CT molecular complexity index is 1200. The first-order chi connectivity index (χ1) is 15.7. The SMILES string of the molecule is O=C(O)CCC1NC2(C(=O)Nc3ccc(Cl)cc32)C2C(=O)N(Cc3ccc(F)cc3)C(=O)C12. The smallest absolute Gasteiger partial charge is 0.303 e. The number of carbonyl (C=O) groups is 4. The molecule has 8 nitrogen and oxygen atoms in total. The van der Waals surface area contributed by atoms with Crippen molar-refractivity contribution in [1.82, 2.24) is 10.2 Å². The van der Waals surface area contributed by atoms with Crippen LogP contribution in [0.1, 0.15) is 24.0 Å². The van der Waals surface area contributed by atoms with Gasteiger partial charge in [-0.2, -0.15) is 0 Å². The zero-order chi connectivity index (χ0) is 23.5. The highest BCUT2D eigenvalue weighted by Gasteiger charge is 2.70. The lowest BCUT2D eigenvalue weighted by atomic mass is 9.76. The van der Waals surface area contributed by atoms with Crippen molar-refractivity contribution >= 4 is 41.0 Å². The van der Waals surface area contributed by atoms with E-state index in [2.05, 4.69) is 10.6 Å². The van der Waals surface area contributed by atoms with Crippen molar-refractivity contribution in [3.63, 3.8) is 0 Å². The lowest BCUT2D eigenvalue weighted by Gasteiger charge is -2.29. The van der Waals surface area contributed by atoms with E-state index >= 15 is 0 Å². The minimum atomic E-state index is -1.54. The van der Waals surface area contributed by atoms with Crippen molar-refractivity contribution in [2.24, 2.45) is 11.8 Å². The second-order valence-corrected chi connectivity index (χ2v) is 8.96. The molecular formula is C23H19ClFN3O5. The highest BCUT2D eigenvalue weighted by atomic mass is 35.5. The Kier molecular flexibility index (Phi) is 4.98. The zero-order valence-electron chi connectivity index (χ0n) is 17.2. The lowest BCUT2D eigenvalue weighted by Crippen LogP contribution is -2.53. The molecule has 0 aromatic heterocycles. The fourth-order valence-electron chi connectivity index (χ4n) is 5.29. The number of likely N-dealkylation sites (tertiary alicyclic amines) is 1. The van der Waals surface area contributed by atoms with Crippen LogP contribution in [0.25, 0.3) is 0 Å². The van der Waals surface area contributed by atoms with E-state index in [4.69, 9.17) is 11.6 Å². The summed E-state index contributed by atoms with van der Waals surface area (Å²) in [5.41, 5.74) is -0.0518. The van der Waals surface area contributed by atoms with Gasteiger partial charge in [-0.3, -0.25) is 29.4 Å². The maximum Gasteiger partial charge on any atom is 0.303 e. The molecule has 2 saturated heterocycles. The van der Waals surface area contributed by atoms with E-state index in [0.29, 0.717) is 21.8 Å². The van der Waals surface area contributed by atoms with Crippen molar-refractivity contribution in [3.8, 4) is 0 Å². The average Bonchev–Trinajstić information content (AvgIpc) is 3.34. The van der Waals surface area contributed by atoms with Crippen LogP contribution in [0.5, 0.6) is 0 Å². The molecule has 3 amide bonds. The van der Waals surface area contributed by atoms with Crippen LogP contribution in [0, 0.1) is 17.7 Å². The van der Waals surface area contributed by atoms with Gasteiger partial charge in [-0.25, -0.2) is 4.39 Å². The summed E-state index contributed by atoms with van der Waals surface area (Å²) in [5.74, 6) is -4.99. The van der Waals surface area contributed by atoms with E-state index in [1.54, 1.807) is 18.2 Å². The number of carbonyl (C=O) groups excluding carboxylic acids is 3. The summed E-state index contributed by atoms with van der Waals surface area (Å²) >= 11 is 6.19. The van der Waals surface area contributed by atoms with Crippen LogP contribution in [0.2, 0.25) is 5.02 Å². The maximum absolute atomic E-state index is 13.6. The summed E-state index contributed by atoms with van der Waals surface area (Å²) in [7, 11) is 0. The van der Waals surface area contributed by atoms with Gasteiger partial charge in [0.15, 0.2) is 0 Å². The quantitative estimate of drug-likeness (QED) is 0.576. The van der Waals surface area contributed by atoms with Crippen molar-refractivity contribution < 1.29 is 28.7 Å². The van der Waals surface area contributed by atoms with Crippen molar-refractivity contribution in [2.45, 2.75) is 31.0 Å². The summed E-state index contributed by atoms with van der Waals surface area (Å²) < 4.78 is 13.3. The number of amides is 3. The molecule has 2 aromatic rings. The molecule has 2 aromatic carbocycles. The lowest BCUT2D eigenvalue weighted by molar-refractivity contribution is -0.144. The molecule has 0 saturated carbocycles. The van der Waals surface area contributed by atoms with Crippen LogP contribution < -0.4 is 10.6 Å². The predicted molar refractivity (Wildman–Crippen MR) is 114 cm³/mol. The second-order valence-electron chi connectivity index (χ2n) is 8.53. The molecule has 0 aliphatic carbocycles. The first-order valence-corrected chi connectivity index (χ1v) is 10.8. The minimum absolute atomic E-state index is 0.0604. The number of nitrogens with zero attached hydrogens (tertiary/aromatic N) is 1. The fourth-order valence-corrected chi connectivity index (χ4v) is 5.46. The summed E-state index contributed by atoms with van der Waals surface area (Å²) in [4.78, 5) is 52.6. The summed E-state index contributed by atoms with van der Waals surface area (Å²) in [6.45, 7) is -0.0727. The monoisotopic (exact) mass is 471 g/mol. The largest absolute Gasteiger partial charge is 0.481 e. The number of hydrogen-bond donors (Lipinski definition) is 3. The summed E-state index contributed by atoms with van der Waals surface area (Å²) in [5, 5.41) is 15.5. The van der Waals surface area contributed by atoms with Gasteiger partial charge in [0.1, 0.15) is 11.4 Å². The molecule has 4 unspecified atom stereocenters. The molecule has 3 heterocycles. The third kappa shape index (κ3) is 3.22. The number of imide groups is 1. The Morgan fingerprint density at radius 3 is 2.55 bits per heavy atom. The van der Waals surface area contributed by atoms with Crippen molar-refractivity contribution in [1.29, 1.82) is 0 Å². The first-order valence-electron chi connectivity index (χ1n) is 10.4. The number of fused-ring (bicyclic) bond motifs is 4. The third-order valence-corrected chi connectivity index (χ3v) is 6.93. The number of carboxylic acid groups (broad SMARTS) is 1. The van der Waals surface area contributed by atoms with E-state index in [9.17, 15) is 28.7 Å². The van der Waals surface area contributed by atoms with Gasteiger partial charge in [0.05, 0.1) is 18.4 Å². The van der Waals surface area contributed by atoms with Crippen LogP contribution in [0.4, 0.5) is 10.1 Å². The number of carboxylic acids is 1. The zero-order valence-corrected chi connectivity index (χ0v) is 17.9. The molecular weight excluding hydrogens is 453 g/mol. The van der Waals surface area contributed by atoms with Crippen LogP contribution in [-0.4, -0.2) is 39.7 Å². The van der Waals surface area contributed by atoms with Gasteiger partial charge in [0.25, 0.3) is 0 Å².